The van der Waals surface area contributed by atoms with Gasteiger partial charge in [-0.1, -0.05) is 39.3 Å². The average Bonchev–Trinajstić information content (AvgIpc) is 2.39. The van der Waals surface area contributed by atoms with Gasteiger partial charge in [-0.2, -0.15) is 0 Å². The molecular weight excluding hydrogens is 256 g/mol. The van der Waals surface area contributed by atoms with Crippen molar-refractivity contribution in [1.29, 1.82) is 0 Å². The van der Waals surface area contributed by atoms with Crippen molar-refractivity contribution < 1.29 is 4.74 Å². The van der Waals surface area contributed by atoms with Gasteiger partial charge in [0.05, 0.1) is 0 Å². The van der Waals surface area contributed by atoms with E-state index in [0.29, 0.717) is 23.8 Å². The van der Waals surface area contributed by atoms with Crippen LogP contribution >= 0.6 is 11.6 Å². The predicted molar refractivity (Wildman–Crippen MR) is 81.8 cm³/mol. The third-order valence-electron chi connectivity index (χ3n) is 4.33. The van der Waals surface area contributed by atoms with Crippen LogP contribution in [0.15, 0.2) is 24.3 Å². The molecule has 1 fully saturated rings. The molecule has 0 aromatic heterocycles. The first-order valence-electron chi connectivity index (χ1n) is 7.41. The number of hydrogen-bond donors (Lipinski definition) is 0. The SMILES string of the molecule is CC(C)[C@@H]1CC[C@@H](C)C[C@H]1Oc1ccc(CCl)cc1. The molecule has 3 atom stereocenters. The van der Waals surface area contributed by atoms with Gasteiger partial charge >= 0.3 is 0 Å². The highest BCUT2D eigenvalue weighted by atomic mass is 35.5. The summed E-state index contributed by atoms with van der Waals surface area (Å²) in [6.45, 7) is 6.96. The van der Waals surface area contributed by atoms with Gasteiger partial charge in [-0.25, -0.2) is 0 Å². The minimum absolute atomic E-state index is 0.366. The second-order valence-corrected chi connectivity index (χ2v) is 6.53. The maximum Gasteiger partial charge on any atom is 0.119 e. The van der Waals surface area contributed by atoms with E-state index in [2.05, 4.69) is 32.9 Å². The molecule has 106 valence electrons. The first kappa shape index (κ1) is 14.7. The summed E-state index contributed by atoms with van der Waals surface area (Å²) in [5.74, 6) is 3.71. The molecule has 0 radical (unpaired) electrons. The van der Waals surface area contributed by atoms with E-state index in [1.165, 1.54) is 19.3 Å². The molecule has 19 heavy (non-hydrogen) atoms. The first-order chi connectivity index (χ1) is 9.10. The van der Waals surface area contributed by atoms with E-state index in [0.717, 1.165) is 17.2 Å². The van der Waals surface area contributed by atoms with Crippen LogP contribution in [0, 0.1) is 17.8 Å². The molecule has 0 spiro atoms. The lowest BCUT2D eigenvalue weighted by Gasteiger charge is -2.37. The Labute approximate surface area is 122 Å². The third kappa shape index (κ3) is 3.89. The summed E-state index contributed by atoms with van der Waals surface area (Å²) in [6, 6.07) is 8.21. The van der Waals surface area contributed by atoms with Crippen molar-refractivity contribution in [3.05, 3.63) is 29.8 Å². The average molecular weight is 281 g/mol. The molecule has 0 aliphatic heterocycles. The van der Waals surface area contributed by atoms with Gasteiger partial charge in [0.15, 0.2) is 0 Å². The summed E-state index contributed by atoms with van der Waals surface area (Å²) in [4.78, 5) is 0. The number of halogens is 1. The minimum Gasteiger partial charge on any atom is -0.490 e. The van der Waals surface area contributed by atoms with Gasteiger partial charge in [-0.15, -0.1) is 11.6 Å². The molecule has 0 saturated heterocycles. The highest BCUT2D eigenvalue weighted by Gasteiger charge is 2.32. The van der Waals surface area contributed by atoms with Gasteiger partial charge in [0.25, 0.3) is 0 Å². The van der Waals surface area contributed by atoms with Crippen molar-refractivity contribution in [2.24, 2.45) is 17.8 Å². The molecule has 1 nitrogen and oxygen atoms in total. The van der Waals surface area contributed by atoms with Crippen LogP contribution in [0.2, 0.25) is 0 Å². The van der Waals surface area contributed by atoms with Crippen LogP contribution in [0.25, 0.3) is 0 Å². The van der Waals surface area contributed by atoms with E-state index in [1.807, 2.05) is 12.1 Å². The fourth-order valence-electron chi connectivity index (χ4n) is 3.08. The van der Waals surface area contributed by atoms with Crippen molar-refractivity contribution in [2.45, 2.75) is 52.0 Å². The van der Waals surface area contributed by atoms with Crippen LogP contribution in [0.4, 0.5) is 0 Å². The van der Waals surface area contributed by atoms with E-state index >= 15 is 0 Å². The molecule has 2 heteroatoms. The second kappa shape index (κ2) is 6.65. The van der Waals surface area contributed by atoms with Crippen molar-refractivity contribution in [1.82, 2.24) is 0 Å². The number of hydrogen-bond acceptors (Lipinski definition) is 1. The monoisotopic (exact) mass is 280 g/mol. The molecule has 1 saturated carbocycles. The summed E-state index contributed by atoms with van der Waals surface area (Å²) in [5.41, 5.74) is 1.14. The van der Waals surface area contributed by atoms with Gasteiger partial charge in [0.1, 0.15) is 11.9 Å². The van der Waals surface area contributed by atoms with E-state index in [4.69, 9.17) is 16.3 Å². The molecule has 0 unspecified atom stereocenters. The van der Waals surface area contributed by atoms with Crippen LogP contribution in [-0.4, -0.2) is 6.10 Å². The molecule has 1 aliphatic carbocycles. The Hall–Kier alpha value is -0.690. The Morgan fingerprint density at radius 3 is 2.47 bits per heavy atom. The number of benzene rings is 1. The Morgan fingerprint density at radius 2 is 1.89 bits per heavy atom. The molecular formula is C17H25ClO. The molecule has 1 aromatic rings. The molecule has 0 amide bonds. The van der Waals surface area contributed by atoms with E-state index in [9.17, 15) is 0 Å². The molecule has 2 rings (SSSR count). The first-order valence-corrected chi connectivity index (χ1v) is 7.95. The molecule has 0 bridgehead atoms. The van der Waals surface area contributed by atoms with Gasteiger partial charge in [-0.3, -0.25) is 0 Å². The minimum atomic E-state index is 0.366. The zero-order valence-corrected chi connectivity index (χ0v) is 13.0. The van der Waals surface area contributed by atoms with Crippen molar-refractivity contribution in [2.75, 3.05) is 0 Å². The zero-order chi connectivity index (χ0) is 13.8. The largest absolute Gasteiger partial charge is 0.490 e. The molecule has 1 aliphatic rings. The summed E-state index contributed by atoms with van der Waals surface area (Å²) in [5, 5.41) is 0. The number of rotatable bonds is 4. The Kier molecular flexibility index (Phi) is 5.15. The van der Waals surface area contributed by atoms with Crippen LogP contribution in [-0.2, 0) is 5.88 Å². The van der Waals surface area contributed by atoms with E-state index in [-0.39, 0.29) is 0 Å². The normalized spacial score (nSPS) is 27.5. The Balaban J connectivity index is 2.05. The lowest BCUT2D eigenvalue weighted by molar-refractivity contribution is 0.0460. The summed E-state index contributed by atoms with van der Waals surface area (Å²) in [7, 11) is 0. The highest BCUT2D eigenvalue weighted by Crippen LogP contribution is 2.36. The fraction of sp³-hybridized carbons (Fsp3) is 0.647. The predicted octanol–water partition coefficient (Wildman–Crippen LogP) is 5.27. The lowest BCUT2D eigenvalue weighted by atomic mass is 9.75. The fourth-order valence-corrected chi connectivity index (χ4v) is 3.26. The maximum absolute atomic E-state index is 6.26. The second-order valence-electron chi connectivity index (χ2n) is 6.26. The van der Waals surface area contributed by atoms with Gasteiger partial charge in [0, 0.05) is 5.88 Å². The summed E-state index contributed by atoms with van der Waals surface area (Å²) >= 11 is 5.81. The third-order valence-corrected chi connectivity index (χ3v) is 4.64. The summed E-state index contributed by atoms with van der Waals surface area (Å²) in [6.07, 6.45) is 4.18. The highest BCUT2D eigenvalue weighted by molar-refractivity contribution is 6.17. The quantitative estimate of drug-likeness (QED) is 0.683. The molecule has 0 N–H and O–H groups in total. The standard InChI is InChI=1S/C17H25ClO/c1-12(2)16-9-4-13(3)10-17(16)19-15-7-5-14(11-18)6-8-15/h5-8,12-13,16-17H,4,9-11H2,1-3H3/t13-,16+,17-/m1/s1. The molecule has 1 aromatic carbocycles. The van der Waals surface area contributed by atoms with Crippen molar-refractivity contribution >= 4 is 11.6 Å². The van der Waals surface area contributed by atoms with Crippen molar-refractivity contribution in [3.8, 4) is 5.75 Å². The maximum atomic E-state index is 6.26. The smallest absolute Gasteiger partial charge is 0.119 e. The zero-order valence-electron chi connectivity index (χ0n) is 12.2. The lowest BCUT2D eigenvalue weighted by Crippen LogP contribution is -2.36. The summed E-state index contributed by atoms with van der Waals surface area (Å²) < 4.78 is 6.26. The van der Waals surface area contributed by atoms with Gasteiger partial charge in [0.2, 0.25) is 0 Å². The number of alkyl halides is 1. The van der Waals surface area contributed by atoms with Crippen LogP contribution in [0.5, 0.6) is 5.75 Å². The van der Waals surface area contributed by atoms with Gasteiger partial charge in [-0.05, 0) is 48.3 Å². The number of ether oxygens (including phenoxy) is 1. The Bertz CT molecular complexity index is 385. The topological polar surface area (TPSA) is 9.23 Å². The van der Waals surface area contributed by atoms with Crippen LogP contribution < -0.4 is 4.74 Å². The van der Waals surface area contributed by atoms with Crippen LogP contribution in [0.1, 0.15) is 45.6 Å². The van der Waals surface area contributed by atoms with Crippen LogP contribution in [0.3, 0.4) is 0 Å². The van der Waals surface area contributed by atoms with Gasteiger partial charge < -0.3 is 4.74 Å². The van der Waals surface area contributed by atoms with E-state index in [1.54, 1.807) is 0 Å². The molecule has 0 heterocycles. The van der Waals surface area contributed by atoms with Crippen molar-refractivity contribution in [3.63, 3.8) is 0 Å². The Morgan fingerprint density at radius 1 is 1.21 bits per heavy atom. The van der Waals surface area contributed by atoms with E-state index < -0.39 is 0 Å².